The maximum absolute atomic E-state index is 12.0. The van der Waals surface area contributed by atoms with E-state index in [1.807, 2.05) is 18.2 Å². The number of halogens is 1. The Morgan fingerprint density at radius 2 is 2.00 bits per heavy atom. The van der Waals surface area contributed by atoms with E-state index in [0.717, 1.165) is 11.8 Å². The highest BCUT2D eigenvalue weighted by atomic mass is 79.9. The standard InChI is InChI=1S/C13H16BrNO3/c1-10(16)18-12(8-5-9-14)13(17)15-11-6-3-2-4-7-11/h2-4,6-7,12H,5,8-9H2,1H3,(H,15,17). The molecular formula is C13H16BrNO3. The minimum Gasteiger partial charge on any atom is -0.452 e. The summed E-state index contributed by atoms with van der Waals surface area (Å²) >= 11 is 3.29. The number of carbonyl (C=O) groups excluding carboxylic acids is 2. The Bertz CT molecular complexity index is 394. The first-order valence-electron chi connectivity index (χ1n) is 5.72. The van der Waals surface area contributed by atoms with E-state index < -0.39 is 12.1 Å². The van der Waals surface area contributed by atoms with E-state index in [0.29, 0.717) is 12.1 Å². The van der Waals surface area contributed by atoms with Crippen LogP contribution < -0.4 is 5.32 Å². The van der Waals surface area contributed by atoms with Gasteiger partial charge in [0, 0.05) is 17.9 Å². The second-order valence-corrected chi connectivity index (χ2v) is 4.58. The zero-order valence-corrected chi connectivity index (χ0v) is 11.8. The van der Waals surface area contributed by atoms with Crippen molar-refractivity contribution in [2.45, 2.75) is 25.9 Å². The summed E-state index contributed by atoms with van der Waals surface area (Å²) in [5.74, 6) is -0.741. The molecule has 4 nitrogen and oxygen atoms in total. The predicted octanol–water partition coefficient (Wildman–Crippen LogP) is 2.73. The maximum Gasteiger partial charge on any atom is 0.303 e. The van der Waals surface area contributed by atoms with Gasteiger partial charge in [0.05, 0.1) is 0 Å². The SMILES string of the molecule is CC(=O)OC(CCCBr)C(=O)Nc1ccccc1. The molecule has 5 heteroatoms. The van der Waals surface area contributed by atoms with E-state index in [2.05, 4.69) is 21.2 Å². The molecular weight excluding hydrogens is 298 g/mol. The molecule has 0 bridgehead atoms. The van der Waals surface area contributed by atoms with Crippen molar-refractivity contribution in [3.05, 3.63) is 30.3 Å². The summed E-state index contributed by atoms with van der Waals surface area (Å²) in [5, 5.41) is 3.49. The molecule has 0 saturated heterocycles. The Morgan fingerprint density at radius 3 is 2.56 bits per heavy atom. The van der Waals surface area contributed by atoms with Gasteiger partial charge in [0.2, 0.25) is 0 Å². The Labute approximate surface area is 115 Å². The van der Waals surface area contributed by atoms with E-state index in [4.69, 9.17) is 4.74 Å². The van der Waals surface area contributed by atoms with Crippen molar-refractivity contribution in [2.75, 3.05) is 10.6 Å². The molecule has 0 spiro atoms. The van der Waals surface area contributed by atoms with E-state index in [9.17, 15) is 9.59 Å². The zero-order valence-electron chi connectivity index (χ0n) is 10.2. The van der Waals surface area contributed by atoms with Crippen LogP contribution in [-0.2, 0) is 14.3 Å². The van der Waals surface area contributed by atoms with Crippen molar-refractivity contribution in [1.82, 2.24) is 0 Å². The molecule has 1 unspecified atom stereocenters. The van der Waals surface area contributed by atoms with Crippen LogP contribution in [0.5, 0.6) is 0 Å². The predicted molar refractivity (Wildman–Crippen MR) is 73.7 cm³/mol. The average Bonchev–Trinajstić information content (AvgIpc) is 2.35. The van der Waals surface area contributed by atoms with Gasteiger partial charge in [-0.2, -0.15) is 0 Å². The van der Waals surface area contributed by atoms with Crippen LogP contribution >= 0.6 is 15.9 Å². The molecule has 0 aliphatic heterocycles. The minimum atomic E-state index is -0.736. The Hall–Kier alpha value is -1.36. The number of ether oxygens (including phenoxy) is 1. The smallest absolute Gasteiger partial charge is 0.303 e. The van der Waals surface area contributed by atoms with Crippen molar-refractivity contribution >= 4 is 33.5 Å². The number of para-hydroxylation sites is 1. The number of anilines is 1. The van der Waals surface area contributed by atoms with Crippen LogP contribution in [0.3, 0.4) is 0 Å². The van der Waals surface area contributed by atoms with E-state index in [-0.39, 0.29) is 5.91 Å². The molecule has 0 heterocycles. The largest absolute Gasteiger partial charge is 0.452 e. The highest BCUT2D eigenvalue weighted by molar-refractivity contribution is 9.09. The molecule has 1 N–H and O–H groups in total. The molecule has 0 fully saturated rings. The third-order valence-corrected chi connectivity index (χ3v) is 2.80. The number of rotatable bonds is 6. The first kappa shape index (κ1) is 14.7. The van der Waals surface area contributed by atoms with Gasteiger partial charge in [0.1, 0.15) is 0 Å². The Balaban J connectivity index is 2.60. The molecule has 98 valence electrons. The third-order valence-electron chi connectivity index (χ3n) is 2.24. The number of carbonyl (C=O) groups is 2. The molecule has 0 aliphatic rings. The molecule has 0 aliphatic carbocycles. The van der Waals surface area contributed by atoms with Crippen molar-refractivity contribution in [3.8, 4) is 0 Å². The second kappa shape index (κ2) is 7.87. The quantitative estimate of drug-likeness (QED) is 0.649. The molecule has 1 aromatic rings. The van der Waals surface area contributed by atoms with Gasteiger partial charge in [-0.25, -0.2) is 0 Å². The number of hydrogen-bond donors (Lipinski definition) is 1. The third kappa shape index (κ3) is 5.31. The number of benzene rings is 1. The highest BCUT2D eigenvalue weighted by Crippen LogP contribution is 2.10. The molecule has 1 amide bonds. The van der Waals surface area contributed by atoms with Crippen molar-refractivity contribution in [1.29, 1.82) is 0 Å². The number of esters is 1. The summed E-state index contributed by atoms with van der Waals surface area (Å²) in [6, 6.07) is 9.09. The van der Waals surface area contributed by atoms with Crippen molar-refractivity contribution in [2.24, 2.45) is 0 Å². The van der Waals surface area contributed by atoms with Crippen LogP contribution in [0.15, 0.2) is 30.3 Å². The van der Waals surface area contributed by atoms with E-state index >= 15 is 0 Å². The van der Waals surface area contributed by atoms with Crippen LogP contribution in [0.2, 0.25) is 0 Å². The number of hydrogen-bond acceptors (Lipinski definition) is 3. The zero-order chi connectivity index (χ0) is 13.4. The van der Waals surface area contributed by atoms with Crippen LogP contribution in [0, 0.1) is 0 Å². The fraction of sp³-hybridized carbons (Fsp3) is 0.385. The van der Waals surface area contributed by atoms with Crippen LogP contribution in [0.25, 0.3) is 0 Å². The molecule has 1 aromatic carbocycles. The van der Waals surface area contributed by atoms with Gasteiger partial charge in [-0.3, -0.25) is 9.59 Å². The first-order chi connectivity index (χ1) is 8.63. The van der Waals surface area contributed by atoms with Crippen molar-refractivity contribution in [3.63, 3.8) is 0 Å². The summed E-state index contributed by atoms with van der Waals surface area (Å²) < 4.78 is 5.01. The minimum absolute atomic E-state index is 0.294. The lowest BCUT2D eigenvalue weighted by Crippen LogP contribution is -2.32. The topological polar surface area (TPSA) is 55.4 Å². The summed E-state index contributed by atoms with van der Waals surface area (Å²) in [7, 11) is 0. The fourth-order valence-electron chi connectivity index (χ4n) is 1.45. The maximum atomic E-state index is 12.0. The van der Waals surface area contributed by atoms with Crippen LogP contribution in [0.1, 0.15) is 19.8 Å². The van der Waals surface area contributed by atoms with Gasteiger partial charge in [-0.05, 0) is 25.0 Å². The number of alkyl halides is 1. The molecule has 1 rings (SSSR count). The number of amides is 1. The fourth-order valence-corrected chi connectivity index (χ4v) is 1.77. The lowest BCUT2D eigenvalue weighted by Gasteiger charge is -2.16. The van der Waals surface area contributed by atoms with Gasteiger partial charge < -0.3 is 10.1 Å². The van der Waals surface area contributed by atoms with Crippen LogP contribution in [0.4, 0.5) is 5.69 Å². The highest BCUT2D eigenvalue weighted by Gasteiger charge is 2.20. The lowest BCUT2D eigenvalue weighted by molar-refractivity contribution is -0.152. The monoisotopic (exact) mass is 313 g/mol. The van der Waals surface area contributed by atoms with Crippen LogP contribution in [-0.4, -0.2) is 23.3 Å². The van der Waals surface area contributed by atoms with Gasteiger partial charge in [-0.1, -0.05) is 34.1 Å². The van der Waals surface area contributed by atoms with Crippen molar-refractivity contribution < 1.29 is 14.3 Å². The normalized spacial score (nSPS) is 11.7. The molecule has 0 aromatic heterocycles. The van der Waals surface area contributed by atoms with Gasteiger partial charge in [0.15, 0.2) is 6.10 Å². The molecule has 18 heavy (non-hydrogen) atoms. The Morgan fingerprint density at radius 1 is 1.33 bits per heavy atom. The summed E-state index contributed by atoms with van der Waals surface area (Å²) in [4.78, 5) is 22.9. The summed E-state index contributed by atoms with van der Waals surface area (Å²) in [6.07, 6.45) is 0.532. The molecule has 0 saturated carbocycles. The van der Waals surface area contributed by atoms with Gasteiger partial charge in [0.25, 0.3) is 5.91 Å². The molecule has 0 radical (unpaired) electrons. The van der Waals surface area contributed by atoms with Gasteiger partial charge >= 0.3 is 5.97 Å². The second-order valence-electron chi connectivity index (χ2n) is 3.78. The summed E-state index contributed by atoms with van der Waals surface area (Å²) in [5.41, 5.74) is 0.693. The van der Waals surface area contributed by atoms with Gasteiger partial charge in [-0.15, -0.1) is 0 Å². The average molecular weight is 314 g/mol. The Kier molecular flexibility index (Phi) is 6.43. The van der Waals surface area contributed by atoms with E-state index in [1.54, 1.807) is 12.1 Å². The lowest BCUT2D eigenvalue weighted by atomic mass is 10.2. The van der Waals surface area contributed by atoms with E-state index in [1.165, 1.54) is 6.92 Å². The number of nitrogens with one attached hydrogen (secondary N) is 1. The first-order valence-corrected chi connectivity index (χ1v) is 6.84. The molecule has 1 atom stereocenters. The summed E-state index contributed by atoms with van der Waals surface area (Å²) in [6.45, 7) is 1.30.